The van der Waals surface area contributed by atoms with Crippen LogP contribution in [0.2, 0.25) is 0 Å². The fourth-order valence-electron chi connectivity index (χ4n) is 4.14. The molecule has 2 amide bonds. The highest BCUT2D eigenvalue weighted by Gasteiger charge is 2.21. The summed E-state index contributed by atoms with van der Waals surface area (Å²) in [6.45, 7) is 0. The number of carbonyl (C=O) groups is 2. The smallest absolute Gasteiger partial charge is 0.255 e. The van der Waals surface area contributed by atoms with Crippen molar-refractivity contribution in [3.8, 4) is 11.5 Å². The van der Waals surface area contributed by atoms with E-state index in [1.54, 1.807) is 32.3 Å². The van der Waals surface area contributed by atoms with E-state index in [0.29, 0.717) is 28.3 Å². The average molecular weight is 421 g/mol. The second-order valence-electron chi connectivity index (χ2n) is 7.96. The molecular weight excluding hydrogens is 394 g/mol. The predicted molar refractivity (Wildman–Crippen MR) is 120 cm³/mol. The summed E-state index contributed by atoms with van der Waals surface area (Å²) in [6, 6.07) is 8.88. The van der Waals surface area contributed by atoms with Crippen LogP contribution in [-0.4, -0.2) is 50.0 Å². The van der Waals surface area contributed by atoms with E-state index in [1.165, 1.54) is 36.8 Å². The zero-order chi connectivity index (χ0) is 22.1. The Bertz CT molecular complexity index is 1160. The van der Waals surface area contributed by atoms with E-state index in [2.05, 4.69) is 10.3 Å². The first-order valence-corrected chi connectivity index (χ1v) is 10.4. The molecule has 2 N–H and O–H groups in total. The van der Waals surface area contributed by atoms with Gasteiger partial charge in [0.05, 0.1) is 25.5 Å². The number of fused-ring (bicyclic) bond motifs is 3. The number of ether oxygens (including phenoxy) is 2. The van der Waals surface area contributed by atoms with Crippen LogP contribution >= 0.6 is 0 Å². The molecule has 0 fully saturated rings. The number of carbonyl (C=O) groups excluding carboxylic acids is 2. The van der Waals surface area contributed by atoms with Crippen molar-refractivity contribution in [1.29, 1.82) is 0 Å². The van der Waals surface area contributed by atoms with Crippen LogP contribution in [0.5, 0.6) is 11.5 Å². The van der Waals surface area contributed by atoms with Gasteiger partial charge in [-0.2, -0.15) is 0 Å². The summed E-state index contributed by atoms with van der Waals surface area (Å²) in [5.41, 5.74) is 4.88. The highest BCUT2D eigenvalue weighted by Crippen LogP contribution is 2.34. The Kier molecular flexibility index (Phi) is 5.59. The summed E-state index contributed by atoms with van der Waals surface area (Å²) in [6.07, 6.45) is 4.43. The standard InChI is InChI=1S/C24H27N3O4/c1-27(2)24(29)17-12-21(30-3)22(31-4)13-20(17)26-23(28)14-9-10-19-16(11-14)15-7-5-6-8-18(15)25-19/h9-13,25H,5-8H2,1-4H3,(H,26,28). The van der Waals surface area contributed by atoms with Crippen molar-refractivity contribution in [2.75, 3.05) is 33.6 Å². The third kappa shape index (κ3) is 3.83. The van der Waals surface area contributed by atoms with E-state index in [1.807, 2.05) is 12.1 Å². The number of rotatable bonds is 5. The Morgan fingerprint density at radius 3 is 2.42 bits per heavy atom. The van der Waals surface area contributed by atoms with Gasteiger partial charge in [-0.1, -0.05) is 0 Å². The van der Waals surface area contributed by atoms with Crippen LogP contribution in [0.15, 0.2) is 30.3 Å². The number of hydrogen-bond acceptors (Lipinski definition) is 4. The van der Waals surface area contributed by atoms with Gasteiger partial charge >= 0.3 is 0 Å². The Morgan fingerprint density at radius 1 is 1.00 bits per heavy atom. The number of hydrogen-bond donors (Lipinski definition) is 2. The van der Waals surface area contributed by atoms with Gasteiger partial charge in [-0.15, -0.1) is 0 Å². The first-order valence-electron chi connectivity index (χ1n) is 10.4. The summed E-state index contributed by atoms with van der Waals surface area (Å²) < 4.78 is 10.7. The van der Waals surface area contributed by atoms with E-state index in [-0.39, 0.29) is 11.8 Å². The molecule has 0 saturated heterocycles. The maximum Gasteiger partial charge on any atom is 0.255 e. The molecule has 0 spiro atoms. The topological polar surface area (TPSA) is 83.7 Å². The highest BCUT2D eigenvalue weighted by molar-refractivity contribution is 6.10. The lowest BCUT2D eigenvalue weighted by Gasteiger charge is -2.18. The minimum Gasteiger partial charge on any atom is -0.493 e. The van der Waals surface area contributed by atoms with Crippen LogP contribution in [0.4, 0.5) is 5.69 Å². The molecular formula is C24H27N3O4. The maximum atomic E-state index is 13.1. The molecule has 1 heterocycles. The molecule has 0 atom stereocenters. The molecule has 1 aliphatic rings. The molecule has 4 rings (SSSR count). The van der Waals surface area contributed by atoms with Crippen molar-refractivity contribution >= 4 is 28.4 Å². The molecule has 1 aromatic heterocycles. The number of anilines is 1. The predicted octanol–water partition coefficient (Wildman–Crippen LogP) is 4.02. The van der Waals surface area contributed by atoms with Gasteiger partial charge in [-0.25, -0.2) is 0 Å². The summed E-state index contributed by atoms with van der Waals surface area (Å²) in [5.74, 6) is 0.327. The fourth-order valence-corrected chi connectivity index (χ4v) is 4.14. The molecule has 31 heavy (non-hydrogen) atoms. The summed E-state index contributed by atoms with van der Waals surface area (Å²) in [4.78, 5) is 30.8. The lowest BCUT2D eigenvalue weighted by molar-refractivity contribution is 0.0828. The van der Waals surface area contributed by atoms with Crippen LogP contribution in [0.1, 0.15) is 44.8 Å². The molecule has 7 nitrogen and oxygen atoms in total. The number of amides is 2. The summed E-state index contributed by atoms with van der Waals surface area (Å²) >= 11 is 0. The normalized spacial score (nSPS) is 12.9. The minimum absolute atomic E-state index is 0.244. The molecule has 0 bridgehead atoms. The highest BCUT2D eigenvalue weighted by atomic mass is 16.5. The molecule has 0 radical (unpaired) electrons. The van der Waals surface area contributed by atoms with Crippen molar-refractivity contribution in [2.24, 2.45) is 0 Å². The Morgan fingerprint density at radius 2 is 1.71 bits per heavy atom. The van der Waals surface area contributed by atoms with Gasteiger partial charge < -0.3 is 24.7 Å². The second kappa shape index (κ2) is 8.34. The third-order valence-electron chi connectivity index (χ3n) is 5.77. The van der Waals surface area contributed by atoms with Crippen LogP contribution in [0, 0.1) is 0 Å². The van der Waals surface area contributed by atoms with Gasteiger partial charge in [0.1, 0.15) is 0 Å². The van der Waals surface area contributed by atoms with E-state index in [0.717, 1.165) is 30.2 Å². The number of aryl methyl sites for hydroxylation is 2. The number of nitrogens with zero attached hydrogens (tertiary/aromatic N) is 1. The van der Waals surface area contributed by atoms with Crippen LogP contribution < -0.4 is 14.8 Å². The zero-order valence-electron chi connectivity index (χ0n) is 18.3. The Hall–Kier alpha value is -3.48. The molecule has 162 valence electrons. The Labute approximate surface area is 181 Å². The lowest BCUT2D eigenvalue weighted by atomic mass is 9.95. The van der Waals surface area contributed by atoms with E-state index < -0.39 is 0 Å². The van der Waals surface area contributed by atoms with E-state index >= 15 is 0 Å². The van der Waals surface area contributed by atoms with E-state index in [4.69, 9.17) is 9.47 Å². The van der Waals surface area contributed by atoms with Gasteiger partial charge in [-0.3, -0.25) is 9.59 Å². The number of benzene rings is 2. The SMILES string of the molecule is COc1cc(NC(=O)c2ccc3[nH]c4c(c3c2)CCCC4)c(C(=O)N(C)C)cc1OC. The average Bonchev–Trinajstić information content (AvgIpc) is 3.16. The quantitative estimate of drug-likeness (QED) is 0.652. The van der Waals surface area contributed by atoms with Crippen LogP contribution in [0.3, 0.4) is 0 Å². The van der Waals surface area contributed by atoms with Gasteiger partial charge in [0.15, 0.2) is 11.5 Å². The third-order valence-corrected chi connectivity index (χ3v) is 5.77. The first kappa shape index (κ1) is 20.8. The minimum atomic E-state index is -0.285. The van der Waals surface area contributed by atoms with Crippen molar-refractivity contribution in [3.05, 3.63) is 52.7 Å². The first-order chi connectivity index (χ1) is 14.9. The monoisotopic (exact) mass is 421 g/mol. The van der Waals surface area contributed by atoms with Crippen LogP contribution in [0.25, 0.3) is 10.9 Å². The van der Waals surface area contributed by atoms with Crippen molar-refractivity contribution in [2.45, 2.75) is 25.7 Å². The van der Waals surface area contributed by atoms with E-state index in [9.17, 15) is 9.59 Å². The molecule has 7 heteroatoms. The number of methoxy groups -OCH3 is 2. The van der Waals surface area contributed by atoms with Gasteiger partial charge in [-0.05, 0) is 55.5 Å². The number of H-pyrrole nitrogens is 1. The maximum absolute atomic E-state index is 13.1. The van der Waals surface area contributed by atoms with Crippen molar-refractivity contribution in [1.82, 2.24) is 9.88 Å². The largest absolute Gasteiger partial charge is 0.493 e. The van der Waals surface area contributed by atoms with Crippen molar-refractivity contribution < 1.29 is 19.1 Å². The zero-order valence-corrected chi connectivity index (χ0v) is 18.3. The number of aromatic amines is 1. The molecule has 1 aliphatic carbocycles. The number of aromatic nitrogens is 1. The molecule has 0 saturated carbocycles. The van der Waals surface area contributed by atoms with Gasteiger partial charge in [0.25, 0.3) is 11.8 Å². The van der Waals surface area contributed by atoms with Gasteiger partial charge in [0, 0.05) is 42.3 Å². The Balaban J connectivity index is 1.71. The number of nitrogens with one attached hydrogen (secondary N) is 2. The molecule has 0 unspecified atom stereocenters. The van der Waals surface area contributed by atoms with Crippen molar-refractivity contribution in [3.63, 3.8) is 0 Å². The molecule has 3 aromatic rings. The van der Waals surface area contributed by atoms with Crippen LogP contribution in [-0.2, 0) is 12.8 Å². The fraction of sp³-hybridized carbons (Fsp3) is 0.333. The molecule has 2 aromatic carbocycles. The molecule has 0 aliphatic heterocycles. The lowest BCUT2D eigenvalue weighted by Crippen LogP contribution is -2.24. The van der Waals surface area contributed by atoms with Gasteiger partial charge in [0.2, 0.25) is 0 Å². The summed E-state index contributed by atoms with van der Waals surface area (Å²) in [7, 11) is 6.34. The second-order valence-corrected chi connectivity index (χ2v) is 7.96. The summed E-state index contributed by atoms with van der Waals surface area (Å²) in [5, 5.41) is 3.99.